The highest BCUT2D eigenvalue weighted by Crippen LogP contribution is 2.23. The standard InChI is InChI=1S/C24H30N4O2/c29-23(25-21-8-10-22(11-9-21)28-13-4-7-24(28)30)12-14-26-15-17-27(18-16-26)19-20-5-2-1-3-6-20/h1-3,5-6,8-11H,4,7,12-19H2,(H,25,29)/p+2. The first-order valence-electron chi connectivity index (χ1n) is 11.1. The fraction of sp³-hybridized carbons (Fsp3) is 0.417. The molecule has 0 aromatic heterocycles. The molecule has 0 saturated carbocycles. The van der Waals surface area contributed by atoms with Crippen LogP contribution >= 0.6 is 0 Å². The lowest BCUT2D eigenvalue weighted by Gasteiger charge is -2.29. The highest BCUT2D eigenvalue weighted by atomic mass is 16.2. The van der Waals surface area contributed by atoms with Crippen molar-refractivity contribution in [1.29, 1.82) is 0 Å². The summed E-state index contributed by atoms with van der Waals surface area (Å²) in [5.41, 5.74) is 3.11. The third-order valence-electron chi connectivity index (χ3n) is 6.20. The molecule has 0 aliphatic carbocycles. The average Bonchev–Trinajstić information content (AvgIpc) is 3.20. The predicted octanol–water partition coefficient (Wildman–Crippen LogP) is 0.126. The monoisotopic (exact) mass is 408 g/mol. The van der Waals surface area contributed by atoms with Crippen LogP contribution in [0.3, 0.4) is 0 Å². The van der Waals surface area contributed by atoms with Crippen LogP contribution in [0, 0.1) is 0 Å². The van der Waals surface area contributed by atoms with Gasteiger partial charge in [-0.05, 0) is 30.7 Å². The van der Waals surface area contributed by atoms with Crippen LogP contribution in [-0.4, -0.2) is 51.1 Å². The molecule has 2 fully saturated rings. The second-order valence-electron chi connectivity index (χ2n) is 8.41. The Balaban J connectivity index is 1.17. The van der Waals surface area contributed by atoms with E-state index < -0.39 is 0 Å². The largest absolute Gasteiger partial charge is 0.326 e. The predicted molar refractivity (Wildman–Crippen MR) is 118 cm³/mol. The molecular weight excluding hydrogens is 376 g/mol. The van der Waals surface area contributed by atoms with Gasteiger partial charge in [0.2, 0.25) is 11.8 Å². The van der Waals surface area contributed by atoms with Crippen LogP contribution in [0.4, 0.5) is 11.4 Å². The minimum absolute atomic E-state index is 0.0616. The van der Waals surface area contributed by atoms with Gasteiger partial charge >= 0.3 is 0 Å². The number of piperazine rings is 1. The Bertz CT molecular complexity index is 845. The Hall–Kier alpha value is -2.70. The smallest absolute Gasteiger partial charge is 0.230 e. The zero-order valence-corrected chi connectivity index (χ0v) is 17.5. The molecule has 0 spiro atoms. The molecule has 0 radical (unpaired) electrons. The molecule has 2 saturated heterocycles. The average molecular weight is 409 g/mol. The van der Waals surface area contributed by atoms with E-state index in [9.17, 15) is 9.59 Å². The molecule has 6 heteroatoms. The number of hydrogen-bond acceptors (Lipinski definition) is 2. The number of carbonyl (C=O) groups excluding carboxylic acids is 2. The Morgan fingerprint density at radius 1 is 0.933 bits per heavy atom. The van der Waals surface area contributed by atoms with Crippen LogP contribution < -0.4 is 20.0 Å². The second-order valence-corrected chi connectivity index (χ2v) is 8.41. The molecule has 2 aromatic carbocycles. The Morgan fingerprint density at radius 3 is 2.30 bits per heavy atom. The molecular formula is C24H32N4O2+2. The number of rotatable bonds is 7. The van der Waals surface area contributed by atoms with Gasteiger partial charge in [-0.15, -0.1) is 0 Å². The Labute approximate surface area is 178 Å². The van der Waals surface area contributed by atoms with Gasteiger partial charge in [0.25, 0.3) is 0 Å². The van der Waals surface area contributed by atoms with Gasteiger partial charge in [0.1, 0.15) is 32.7 Å². The molecule has 4 rings (SSSR count). The molecule has 0 unspecified atom stereocenters. The molecule has 2 aliphatic heterocycles. The number of carbonyl (C=O) groups is 2. The van der Waals surface area contributed by atoms with E-state index in [2.05, 4.69) is 35.6 Å². The molecule has 2 aromatic rings. The normalized spacial score (nSPS) is 21.6. The van der Waals surface area contributed by atoms with Gasteiger partial charge in [-0.25, -0.2) is 0 Å². The summed E-state index contributed by atoms with van der Waals surface area (Å²) in [6.45, 7) is 7.30. The summed E-state index contributed by atoms with van der Waals surface area (Å²) in [6.07, 6.45) is 2.08. The summed E-state index contributed by atoms with van der Waals surface area (Å²) >= 11 is 0. The van der Waals surface area contributed by atoms with Crippen molar-refractivity contribution in [2.75, 3.05) is 49.5 Å². The highest BCUT2D eigenvalue weighted by Gasteiger charge is 2.24. The quantitative estimate of drug-likeness (QED) is 0.610. The lowest BCUT2D eigenvalue weighted by molar-refractivity contribution is -1.02. The number of quaternary nitrogens is 2. The van der Waals surface area contributed by atoms with E-state index in [1.165, 1.54) is 10.5 Å². The SMILES string of the molecule is O=C(CC[NH+]1CC[NH+](Cc2ccccc2)CC1)Nc1ccc(N2CCCC2=O)cc1. The van der Waals surface area contributed by atoms with Crippen LogP contribution in [0.1, 0.15) is 24.8 Å². The van der Waals surface area contributed by atoms with E-state index in [1.54, 1.807) is 4.90 Å². The fourth-order valence-corrected chi connectivity index (χ4v) is 4.43. The van der Waals surface area contributed by atoms with Gasteiger partial charge in [0, 0.05) is 29.9 Å². The fourth-order valence-electron chi connectivity index (χ4n) is 4.43. The maximum Gasteiger partial charge on any atom is 0.230 e. The van der Waals surface area contributed by atoms with Crippen LogP contribution in [0.15, 0.2) is 54.6 Å². The van der Waals surface area contributed by atoms with Crippen LogP contribution in [0.2, 0.25) is 0 Å². The van der Waals surface area contributed by atoms with Crippen molar-refractivity contribution in [2.45, 2.75) is 25.8 Å². The summed E-state index contributed by atoms with van der Waals surface area (Å²) in [4.78, 5) is 29.2. The van der Waals surface area contributed by atoms with Gasteiger partial charge in [0.05, 0.1) is 13.0 Å². The molecule has 3 N–H and O–H groups in total. The minimum atomic E-state index is 0.0616. The number of nitrogens with zero attached hydrogens (tertiary/aromatic N) is 1. The lowest BCUT2D eigenvalue weighted by atomic mass is 10.2. The number of hydrogen-bond donors (Lipinski definition) is 3. The van der Waals surface area contributed by atoms with E-state index in [0.717, 1.165) is 63.6 Å². The first-order chi connectivity index (χ1) is 14.7. The second kappa shape index (κ2) is 9.87. The van der Waals surface area contributed by atoms with Crippen LogP contribution in [0.25, 0.3) is 0 Å². The van der Waals surface area contributed by atoms with Crippen molar-refractivity contribution in [3.63, 3.8) is 0 Å². The first-order valence-corrected chi connectivity index (χ1v) is 11.1. The van der Waals surface area contributed by atoms with E-state index in [-0.39, 0.29) is 11.8 Å². The molecule has 2 aliphatic rings. The molecule has 30 heavy (non-hydrogen) atoms. The van der Waals surface area contributed by atoms with E-state index in [0.29, 0.717) is 12.8 Å². The van der Waals surface area contributed by atoms with Crippen molar-refractivity contribution >= 4 is 23.2 Å². The number of benzene rings is 2. The maximum absolute atomic E-state index is 12.4. The van der Waals surface area contributed by atoms with Gasteiger partial charge in [-0.3, -0.25) is 9.59 Å². The molecule has 0 atom stereocenters. The minimum Gasteiger partial charge on any atom is -0.326 e. The zero-order valence-electron chi connectivity index (χ0n) is 17.5. The summed E-state index contributed by atoms with van der Waals surface area (Å²) in [5, 5.41) is 2.99. The summed E-state index contributed by atoms with van der Waals surface area (Å²) < 4.78 is 0. The van der Waals surface area contributed by atoms with Crippen molar-refractivity contribution < 1.29 is 19.4 Å². The molecule has 2 heterocycles. The zero-order chi connectivity index (χ0) is 20.8. The van der Waals surface area contributed by atoms with Gasteiger partial charge in [-0.2, -0.15) is 0 Å². The van der Waals surface area contributed by atoms with Gasteiger partial charge in [0.15, 0.2) is 0 Å². The number of nitrogens with one attached hydrogen (secondary N) is 3. The lowest BCUT2D eigenvalue weighted by Crippen LogP contribution is -3.27. The number of anilines is 2. The van der Waals surface area contributed by atoms with Crippen molar-refractivity contribution in [2.24, 2.45) is 0 Å². The van der Waals surface area contributed by atoms with Crippen LogP contribution in [0.5, 0.6) is 0 Å². The first kappa shape index (κ1) is 20.6. The van der Waals surface area contributed by atoms with Gasteiger partial charge < -0.3 is 20.0 Å². The topological polar surface area (TPSA) is 58.3 Å². The number of amides is 2. The maximum atomic E-state index is 12.4. The van der Waals surface area contributed by atoms with Crippen molar-refractivity contribution in [3.05, 3.63) is 60.2 Å². The Morgan fingerprint density at radius 2 is 1.63 bits per heavy atom. The van der Waals surface area contributed by atoms with E-state index in [4.69, 9.17) is 0 Å². The van der Waals surface area contributed by atoms with Crippen molar-refractivity contribution in [1.82, 2.24) is 0 Å². The summed E-state index contributed by atoms with van der Waals surface area (Å²) in [5.74, 6) is 0.243. The third kappa shape index (κ3) is 5.46. The molecule has 0 bridgehead atoms. The molecule has 6 nitrogen and oxygen atoms in total. The van der Waals surface area contributed by atoms with Crippen molar-refractivity contribution in [3.8, 4) is 0 Å². The highest BCUT2D eigenvalue weighted by molar-refractivity contribution is 5.96. The summed E-state index contributed by atoms with van der Waals surface area (Å²) in [7, 11) is 0. The van der Waals surface area contributed by atoms with E-state index >= 15 is 0 Å². The van der Waals surface area contributed by atoms with Gasteiger partial charge in [-0.1, -0.05) is 30.3 Å². The van der Waals surface area contributed by atoms with Crippen LogP contribution in [-0.2, 0) is 16.1 Å². The summed E-state index contributed by atoms with van der Waals surface area (Å²) in [6, 6.07) is 18.3. The van der Waals surface area contributed by atoms with E-state index in [1.807, 2.05) is 29.2 Å². The third-order valence-corrected chi connectivity index (χ3v) is 6.20. The Kier molecular flexibility index (Phi) is 6.77. The molecule has 158 valence electrons. The molecule has 2 amide bonds.